The molecule has 0 fully saturated rings. The van der Waals surface area contributed by atoms with E-state index in [4.69, 9.17) is 9.47 Å². The van der Waals surface area contributed by atoms with Gasteiger partial charge in [0.25, 0.3) is 5.91 Å². The molecule has 1 heterocycles. The summed E-state index contributed by atoms with van der Waals surface area (Å²) in [6.07, 6.45) is 0. The molecule has 1 aliphatic rings. The zero-order valence-electron chi connectivity index (χ0n) is 20.9. The molecule has 200 valence electrons. The van der Waals surface area contributed by atoms with Crippen molar-refractivity contribution in [3.05, 3.63) is 59.2 Å². The summed E-state index contributed by atoms with van der Waals surface area (Å²) in [4.78, 5) is 74.2. The third kappa shape index (κ3) is 6.33. The van der Waals surface area contributed by atoms with E-state index in [9.17, 15) is 33.9 Å². The minimum atomic E-state index is -1.37. The van der Waals surface area contributed by atoms with Gasteiger partial charge in [-0.05, 0) is 34.9 Å². The molecule has 12 heteroatoms. The maximum absolute atomic E-state index is 13.4. The highest BCUT2D eigenvalue weighted by Gasteiger charge is 2.39. The van der Waals surface area contributed by atoms with Gasteiger partial charge in [-0.2, -0.15) is 0 Å². The minimum Gasteiger partial charge on any atom is -0.478 e. The summed E-state index contributed by atoms with van der Waals surface area (Å²) in [6, 6.07) is 8.42. The maximum atomic E-state index is 13.4. The number of fused-ring (bicyclic) bond motifs is 1. The molecule has 1 aliphatic heterocycles. The molecular weight excluding hydrogens is 500 g/mol. The second-order valence-corrected chi connectivity index (χ2v) is 8.36. The fourth-order valence-corrected chi connectivity index (χ4v) is 3.98. The molecule has 0 aromatic heterocycles. The van der Waals surface area contributed by atoms with Gasteiger partial charge in [0.15, 0.2) is 6.04 Å². The van der Waals surface area contributed by atoms with Crippen LogP contribution in [-0.2, 0) is 39.9 Å². The van der Waals surface area contributed by atoms with Gasteiger partial charge < -0.3 is 29.5 Å². The molecule has 0 spiro atoms. The Labute approximate surface area is 217 Å². The highest BCUT2D eigenvalue weighted by molar-refractivity contribution is 6.03. The lowest BCUT2D eigenvalue weighted by atomic mass is 9.96. The van der Waals surface area contributed by atoms with Crippen molar-refractivity contribution in [1.82, 2.24) is 10.2 Å². The Hall–Kier alpha value is -4.74. The number of carbonyl (C=O) groups is 6. The van der Waals surface area contributed by atoms with E-state index in [1.54, 1.807) is 30.3 Å². The van der Waals surface area contributed by atoms with Crippen LogP contribution in [0.3, 0.4) is 0 Å². The summed E-state index contributed by atoms with van der Waals surface area (Å²) in [5, 5.41) is 11.8. The molecule has 0 saturated carbocycles. The number of carboxylic acids is 1. The van der Waals surface area contributed by atoms with Crippen LogP contribution in [0.25, 0.3) is 11.1 Å². The minimum absolute atomic E-state index is 0.0617. The van der Waals surface area contributed by atoms with E-state index >= 15 is 0 Å². The molecule has 0 bridgehead atoms. The van der Waals surface area contributed by atoms with Gasteiger partial charge in [-0.1, -0.05) is 24.3 Å². The Balaban J connectivity index is 1.94. The van der Waals surface area contributed by atoms with Crippen LogP contribution < -0.4 is 5.32 Å². The Bertz CT molecular complexity index is 1290. The summed E-state index contributed by atoms with van der Waals surface area (Å²) in [7, 11) is 1.09. The fourth-order valence-electron chi connectivity index (χ4n) is 3.98. The number of nitrogens with zero attached hydrogens (tertiary/aromatic N) is 1. The maximum Gasteiger partial charge on any atom is 0.335 e. The first kappa shape index (κ1) is 27.8. The monoisotopic (exact) mass is 526 g/mol. The molecule has 2 aromatic rings. The van der Waals surface area contributed by atoms with E-state index in [2.05, 4.69) is 10.1 Å². The Morgan fingerprint density at radius 1 is 0.974 bits per heavy atom. The van der Waals surface area contributed by atoms with Crippen LogP contribution in [0.4, 0.5) is 0 Å². The van der Waals surface area contributed by atoms with E-state index in [1.807, 2.05) is 0 Å². The predicted octanol–water partition coefficient (Wildman–Crippen LogP) is 1.16. The molecule has 0 saturated heterocycles. The van der Waals surface area contributed by atoms with Crippen LogP contribution in [0.2, 0.25) is 0 Å². The van der Waals surface area contributed by atoms with Crippen molar-refractivity contribution in [2.45, 2.75) is 32.5 Å². The standard InChI is InChI=1S/C26H26N2O10/c1-14(29)37-12-21(26(35)36-3)27-23(31)22(13-38-15(2)30)28-11-20-18(8-5-9-19(20)24(28)32)16-6-4-7-17(10-16)25(33)34/h4-10,21-22H,11-13H2,1-3H3,(H,27,31)(H,33,34). The van der Waals surface area contributed by atoms with Crippen LogP contribution in [0.5, 0.6) is 0 Å². The van der Waals surface area contributed by atoms with E-state index in [0.717, 1.165) is 21.0 Å². The van der Waals surface area contributed by atoms with Crippen LogP contribution in [0, 0.1) is 0 Å². The number of ether oxygens (including phenoxy) is 3. The lowest BCUT2D eigenvalue weighted by Crippen LogP contribution is -2.55. The zero-order chi connectivity index (χ0) is 28.0. The number of carboxylic acid groups (broad SMARTS) is 1. The average Bonchev–Trinajstić information content (AvgIpc) is 3.22. The van der Waals surface area contributed by atoms with Gasteiger partial charge in [-0.25, -0.2) is 9.59 Å². The van der Waals surface area contributed by atoms with Gasteiger partial charge >= 0.3 is 23.9 Å². The number of aromatic carboxylic acids is 1. The average molecular weight is 526 g/mol. The number of nitrogens with one attached hydrogen (secondary N) is 1. The van der Waals surface area contributed by atoms with Gasteiger partial charge in [-0.3, -0.25) is 19.2 Å². The summed E-state index contributed by atoms with van der Waals surface area (Å²) in [5.41, 5.74) is 2.05. The van der Waals surface area contributed by atoms with Crippen LogP contribution >= 0.6 is 0 Å². The second kappa shape index (κ2) is 12.0. The van der Waals surface area contributed by atoms with Crippen LogP contribution in [0.1, 0.15) is 40.1 Å². The summed E-state index contributed by atoms with van der Waals surface area (Å²) in [5.74, 6) is -4.74. The first-order valence-corrected chi connectivity index (χ1v) is 11.4. The van der Waals surface area contributed by atoms with Crippen molar-refractivity contribution < 1.29 is 48.1 Å². The van der Waals surface area contributed by atoms with Crippen molar-refractivity contribution in [2.75, 3.05) is 20.3 Å². The molecule has 2 unspecified atom stereocenters. The third-order valence-corrected chi connectivity index (χ3v) is 5.80. The van der Waals surface area contributed by atoms with Gasteiger partial charge in [0.05, 0.1) is 12.7 Å². The van der Waals surface area contributed by atoms with E-state index < -0.39 is 61.0 Å². The van der Waals surface area contributed by atoms with Crippen molar-refractivity contribution in [3.8, 4) is 11.1 Å². The number of methoxy groups -OCH3 is 1. The Morgan fingerprint density at radius 2 is 1.61 bits per heavy atom. The summed E-state index contributed by atoms with van der Waals surface area (Å²) < 4.78 is 14.5. The molecular formula is C26H26N2O10. The molecule has 2 aromatic carbocycles. The van der Waals surface area contributed by atoms with Crippen molar-refractivity contribution in [2.24, 2.45) is 0 Å². The number of carbonyl (C=O) groups excluding carboxylic acids is 5. The second-order valence-electron chi connectivity index (χ2n) is 8.36. The number of hydrogen-bond donors (Lipinski definition) is 2. The predicted molar refractivity (Wildman–Crippen MR) is 130 cm³/mol. The van der Waals surface area contributed by atoms with Gasteiger partial charge in [0.2, 0.25) is 5.91 Å². The topological polar surface area (TPSA) is 166 Å². The molecule has 0 radical (unpaired) electrons. The number of esters is 3. The summed E-state index contributed by atoms with van der Waals surface area (Å²) >= 11 is 0. The fraction of sp³-hybridized carbons (Fsp3) is 0.308. The largest absolute Gasteiger partial charge is 0.478 e. The highest BCUT2D eigenvalue weighted by Crippen LogP contribution is 2.34. The lowest BCUT2D eigenvalue weighted by molar-refractivity contribution is -0.153. The molecule has 38 heavy (non-hydrogen) atoms. The van der Waals surface area contributed by atoms with Gasteiger partial charge in [0.1, 0.15) is 19.3 Å². The molecule has 12 nitrogen and oxygen atoms in total. The van der Waals surface area contributed by atoms with E-state index in [0.29, 0.717) is 16.7 Å². The molecule has 2 amide bonds. The molecule has 0 aliphatic carbocycles. The normalized spacial score (nSPS) is 13.7. The van der Waals surface area contributed by atoms with E-state index in [-0.39, 0.29) is 17.7 Å². The van der Waals surface area contributed by atoms with E-state index in [1.165, 1.54) is 17.0 Å². The van der Waals surface area contributed by atoms with Gasteiger partial charge in [0, 0.05) is 26.0 Å². The van der Waals surface area contributed by atoms with Crippen LogP contribution in [-0.4, -0.2) is 78.1 Å². The number of benzene rings is 2. The number of hydrogen-bond acceptors (Lipinski definition) is 9. The first-order chi connectivity index (χ1) is 18.0. The SMILES string of the molecule is COC(=O)C(COC(C)=O)NC(=O)C(COC(C)=O)N1Cc2c(cccc2-c2cccc(C(=O)O)c2)C1=O. The van der Waals surface area contributed by atoms with Crippen molar-refractivity contribution >= 4 is 35.7 Å². The third-order valence-electron chi connectivity index (χ3n) is 5.80. The zero-order valence-corrected chi connectivity index (χ0v) is 20.9. The Morgan fingerprint density at radius 3 is 2.24 bits per heavy atom. The van der Waals surface area contributed by atoms with Crippen LogP contribution in [0.15, 0.2) is 42.5 Å². The van der Waals surface area contributed by atoms with Crippen molar-refractivity contribution in [1.29, 1.82) is 0 Å². The van der Waals surface area contributed by atoms with Crippen molar-refractivity contribution in [3.63, 3.8) is 0 Å². The highest BCUT2D eigenvalue weighted by atomic mass is 16.5. The quantitative estimate of drug-likeness (QED) is 0.339. The Kier molecular flexibility index (Phi) is 8.79. The molecule has 3 rings (SSSR count). The smallest absolute Gasteiger partial charge is 0.335 e. The first-order valence-electron chi connectivity index (χ1n) is 11.4. The lowest BCUT2D eigenvalue weighted by Gasteiger charge is -2.28. The number of amides is 2. The van der Waals surface area contributed by atoms with Gasteiger partial charge in [-0.15, -0.1) is 0 Å². The molecule has 2 N–H and O–H groups in total. The molecule has 2 atom stereocenters. The number of rotatable bonds is 10. The summed E-state index contributed by atoms with van der Waals surface area (Å²) in [6.45, 7) is 1.19.